The number of amides is 1. The van der Waals surface area contributed by atoms with Crippen LogP contribution in [0.3, 0.4) is 0 Å². The Kier molecular flexibility index (Phi) is 6.04. The highest BCUT2D eigenvalue weighted by molar-refractivity contribution is 6.39. The number of carbonyl (C=O) groups excluding carboxylic acids is 1. The number of nitro groups is 1. The Bertz CT molecular complexity index is 583. The molecule has 0 spiro atoms. The molecule has 1 aliphatic heterocycles. The molecule has 0 unspecified atom stereocenters. The summed E-state index contributed by atoms with van der Waals surface area (Å²) in [5, 5.41) is 17.1. The van der Waals surface area contributed by atoms with Crippen LogP contribution in [-0.4, -0.2) is 48.5 Å². The summed E-state index contributed by atoms with van der Waals surface area (Å²) in [6.45, 7) is 1.82. The first-order chi connectivity index (χ1) is 10.9. The van der Waals surface area contributed by atoms with Gasteiger partial charge in [-0.05, 0) is 25.9 Å². The monoisotopic (exact) mass is 360 g/mol. The van der Waals surface area contributed by atoms with Gasteiger partial charge in [0.15, 0.2) is 0 Å². The first-order valence-corrected chi connectivity index (χ1v) is 7.99. The number of carbonyl (C=O) groups is 1. The molecule has 0 aliphatic carbocycles. The average molecular weight is 361 g/mol. The zero-order valence-corrected chi connectivity index (χ0v) is 14.2. The third-order valence-corrected chi connectivity index (χ3v) is 4.50. The molecule has 2 N–H and O–H groups in total. The van der Waals surface area contributed by atoms with E-state index >= 15 is 0 Å². The van der Waals surface area contributed by atoms with Crippen molar-refractivity contribution in [1.29, 1.82) is 0 Å². The number of likely N-dealkylation sites (N-methyl/N-ethyl adjacent to an activating group) is 1. The molecule has 1 fully saturated rings. The SMILES string of the molecule is CN(C(=O)CNc1c(Cl)cc([N+](=O)[O-])cc1Cl)C1CCNCC1. The predicted octanol–water partition coefficient (Wildman–Crippen LogP) is 2.52. The van der Waals surface area contributed by atoms with E-state index in [2.05, 4.69) is 10.6 Å². The van der Waals surface area contributed by atoms with Crippen LogP contribution < -0.4 is 10.6 Å². The Morgan fingerprint density at radius 2 is 1.96 bits per heavy atom. The molecule has 0 bridgehead atoms. The number of piperidine rings is 1. The van der Waals surface area contributed by atoms with Crippen molar-refractivity contribution in [3.63, 3.8) is 0 Å². The fraction of sp³-hybridized carbons (Fsp3) is 0.500. The van der Waals surface area contributed by atoms with E-state index in [4.69, 9.17) is 23.2 Å². The molecule has 0 aromatic heterocycles. The zero-order chi connectivity index (χ0) is 17.0. The van der Waals surface area contributed by atoms with Gasteiger partial charge in [-0.2, -0.15) is 0 Å². The second-order valence-corrected chi connectivity index (χ2v) is 6.20. The molecule has 1 amide bonds. The number of halogens is 2. The molecule has 1 aliphatic rings. The number of hydrogen-bond donors (Lipinski definition) is 2. The number of hydrogen-bond acceptors (Lipinski definition) is 5. The van der Waals surface area contributed by atoms with E-state index in [1.165, 1.54) is 12.1 Å². The van der Waals surface area contributed by atoms with Gasteiger partial charge in [-0.25, -0.2) is 0 Å². The summed E-state index contributed by atoms with van der Waals surface area (Å²) < 4.78 is 0. The van der Waals surface area contributed by atoms with Gasteiger partial charge in [0.25, 0.3) is 5.69 Å². The van der Waals surface area contributed by atoms with Gasteiger partial charge in [-0.15, -0.1) is 0 Å². The molecule has 0 atom stereocenters. The number of nitrogens with zero attached hydrogens (tertiary/aromatic N) is 2. The highest BCUT2D eigenvalue weighted by atomic mass is 35.5. The summed E-state index contributed by atoms with van der Waals surface area (Å²) in [5.74, 6) is -0.0811. The maximum atomic E-state index is 12.3. The van der Waals surface area contributed by atoms with Crippen LogP contribution in [0.15, 0.2) is 12.1 Å². The first-order valence-electron chi connectivity index (χ1n) is 7.24. The quantitative estimate of drug-likeness (QED) is 0.622. The Morgan fingerprint density at radius 3 is 2.48 bits per heavy atom. The molecule has 7 nitrogen and oxygen atoms in total. The molecule has 0 saturated carbocycles. The number of benzene rings is 1. The lowest BCUT2D eigenvalue weighted by Gasteiger charge is -2.31. The summed E-state index contributed by atoms with van der Waals surface area (Å²) in [6.07, 6.45) is 1.84. The molecule has 1 heterocycles. The first kappa shape index (κ1) is 17.8. The topological polar surface area (TPSA) is 87.5 Å². The number of nitrogens with one attached hydrogen (secondary N) is 2. The van der Waals surface area contributed by atoms with Gasteiger partial charge in [0, 0.05) is 25.2 Å². The standard InChI is InChI=1S/C14H18Cl2N4O3/c1-19(9-2-4-17-5-3-9)13(21)8-18-14-11(15)6-10(20(22)23)7-12(14)16/h6-7,9,17-18H,2-5,8H2,1H3. The van der Waals surface area contributed by atoms with Crippen LogP contribution in [0.4, 0.5) is 11.4 Å². The molecule has 1 aromatic rings. The summed E-state index contributed by atoms with van der Waals surface area (Å²) in [7, 11) is 1.78. The van der Waals surface area contributed by atoms with Crippen molar-refractivity contribution in [2.24, 2.45) is 0 Å². The van der Waals surface area contributed by atoms with E-state index in [1.54, 1.807) is 11.9 Å². The van der Waals surface area contributed by atoms with Crippen LogP contribution in [-0.2, 0) is 4.79 Å². The fourth-order valence-corrected chi connectivity index (χ4v) is 3.13. The van der Waals surface area contributed by atoms with Crippen LogP contribution in [0.25, 0.3) is 0 Å². The third-order valence-electron chi connectivity index (χ3n) is 3.90. The third kappa shape index (κ3) is 4.46. The number of nitro benzene ring substituents is 1. The molecular formula is C14H18Cl2N4O3. The molecule has 0 radical (unpaired) electrons. The van der Waals surface area contributed by atoms with Crippen molar-refractivity contribution < 1.29 is 9.72 Å². The molecule has 126 valence electrons. The fourth-order valence-electron chi connectivity index (χ4n) is 2.52. The molecule has 9 heteroatoms. The van der Waals surface area contributed by atoms with Crippen molar-refractivity contribution in [3.05, 3.63) is 32.3 Å². The van der Waals surface area contributed by atoms with Gasteiger partial charge in [-0.3, -0.25) is 14.9 Å². The Labute approximate surface area is 144 Å². The Hall–Kier alpha value is -1.57. The van der Waals surface area contributed by atoms with Crippen LogP contribution in [0.5, 0.6) is 0 Å². The number of rotatable bonds is 5. The Balaban J connectivity index is 2.00. The number of anilines is 1. The minimum Gasteiger partial charge on any atom is -0.374 e. The lowest BCUT2D eigenvalue weighted by atomic mass is 10.1. The molecule has 23 heavy (non-hydrogen) atoms. The van der Waals surface area contributed by atoms with Gasteiger partial charge in [0.2, 0.25) is 5.91 Å². The lowest BCUT2D eigenvalue weighted by molar-refractivity contribution is -0.384. The van der Waals surface area contributed by atoms with Crippen molar-refractivity contribution in [2.75, 3.05) is 32.0 Å². The van der Waals surface area contributed by atoms with E-state index in [9.17, 15) is 14.9 Å². The normalized spacial score (nSPS) is 15.3. The predicted molar refractivity (Wildman–Crippen MR) is 90.3 cm³/mol. The van der Waals surface area contributed by atoms with Crippen LogP contribution in [0.2, 0.25) is 10.0 Å². The van der Waals surface area contributed by atoms with E-state index < -0.39 is 4.92 Å². The van der Waals surface area contributed by atoms with Gasteiger partial charge in [0.05, 0.1) is 27.2 Å². The van der Waals surface area contributed by atoms with Crippen LogP contribution >= 0.6 is 23.2 Å². The summed E-state index contributed by atoms with van der Waals surface area (Å²) in [5.41, 5.74) is 0.134. The van der Waals surface area contributed by atoms with Gasteiger partial charge in [0.1, 0.15) is 0 Å². The molecule has 2 rings (SSSR count). The van der Waals surface area contributed by atoms with Crippen molar-refractivity contribution in [3.8, 4) is 0 Å². The smallest absolute Gasteiger partial charge is 0.272 e. The second kappa shape index (κ2) is 7.81. The summed E-state index contributed by atoms with van der Waals surface area (Å²) in [6, 6.07) is 2.63. The van der Waals surface area contributed by atoms with Crippen LogP contribution in [0.1, 0.15) is 12.8 Å². The van der Waals surface area contributed by atoms with E-state index in [0.29, 0.717) is 5.69 Å². The Morgan fingerprint density at radius 1 is 1.39 bits per heavy atom. The van der Waals surface area contributed by atoms with Gasteiger partial charge in [-0.1, -0.05) is 23.2 Å². The zero-order valence-electron chi connectivity index (χ0n) is 12.6. The second-order valence-electron chi connectivity index (χ2n) is 5.38. The van der Waals surface area contributed by atoms with Crippen molar-refractivity contribution >= 4 is 40.5 Å². The van der Waals surface area contributed by atoms with E-state index in [1.807, 2.05) is 0 Å². The molecule has 1 aromatic carbocycles. The largest absolute Gasteiger partial charge is 0.374 e. The molecular weight excluding hydrogens is 343 g/mol. The van der Waals surface area contributed by atoms with Crippen LogP contribution in [0, 0.1) is 10.1 Å². The van der Waals surface area contributed by atoms with Gasteiger partial charge < -0.3 is 15.5 Å². The highest BCUT2D eigenvalue weighted by Gasteiger charge is 2.22. The maximum absolute atomic E-state index is 12.3. The summed E-state index contributed by atoms with van der Waals surface area (Å²) in [4.78, 5) is 24.2. The molecule has 1 saturated heterocycles. The number of non-ortho nitro benzene ring substituents is 1. The highest BCUT2D eigenvalue weighted by Crippen LogP contribution is 2.34. The lowest BCUT2D eigenvalue weighted by Crippen LogP contribution is -2.45. The van der Waals surface area contributed by atoms with E-state index in [-0.39, 0.29) is 34.2 Å². The van der Waals surface area contributed by atoms with Crippen molar-refractivity contribution in [2.45, 2.75) is 18.9 Å². The van der Waals surface area contributed by atoms with Gasteiger partial charge >= 0.3 is 0 Å². The minimum atomic E-state index is -0.572. The average Bonchev–Trinajstić information content (AvgIpc) is 2.53. The van der Waals surface area contributed by atoms with Crippen molar-refractivity contribution in [1.82, 2.24) is 10.2 Å². The summed E-state index contributed by atoms with van der Waals surface area (Å²) >= 11 is 12.0. The van der Waals surface area contributed by atoms with E-state index in [0.717, 1.165) is 25.9 Å². The minimum absolute atomic E-state index is 0.0255. The maximum Gasteiger partial charge on any atom is 0.272 e.